The van der Waals surface area contributed by atoms with Crippen LogP contribution in [0.25, 0.3) is 0 Å². The molecule has 408 valence electrons. The Balaban J connectivity index is 3.98. The molecule has 0 atom stereocenters. The summed E-state index contributed by atoms with van der Waals surface area (Å²) in [6.07, 6.45) is 0. The molecule has 16 heteroatoms. The summed E-state index contributed by atoms with van der Waals surface area (Å²) in [5.74, 6) is 0. The Morgan fingerprint density at radius 3 is 0.577 bits per heavy atom. The second-order valence-electron chi connectivity index (χ2n) is 36.3. The molecular formula is C55H122B2O2Si12. The molecule has 0 heterocycles. The third kappa shape index (κ3) is 16.6. The van der Waals surface area contributed by atoms with Crippen molar-refractivity contribution in [3.63, 3.8) is 0 Å². The maximum Gasteiger partial charge on any atom is 0.329 e. The predicted octanol–water partition coefficient (Wildman–Crippen LogP) is 17.5. The zero-order valence-electron chi connectivity index (χ0n) is 54.8. The Hall–Kier alpha value is 1.09. The van der Waals surface area contributed by atoms with E-state index < -0.39 is 110 Å². The van der Waals surface area contributed by atoms with Crippen LogP contribution in [0.3, 0.4) is 0 Å². The average Bonchev–Trinajstić information content (AvgIpc) is 2.97. The van der Waals surface area contributed by atoms with Crippen molar-refractivity contribution in [2.24, 2.45) is 0 Å². The second kappa shape index (κ2) is 22.0. The third-order valence-corrected chi connectivity index (χ3v) is 71.7. The molecule has 2 aromatic carbocycles. The summed E-state index contributed by atoms with van der Waals surface area (Å²) < 4.78 is 7.41. The number of rotatable bonds is 22. The number of benzene rings is 2. The van der Waals surface area contributed by atoms with Gasteiger partial charge in [0.15, 0.2) is 0 Å². The molecule has 0 aliphatic carbocycles. The first-order valence-corrected chi connectivity index (χ1v) is 71.2. The van der Waals surface area contributed by atoms with Gasteiger partial charge in [0.2, 0.25) is 0 Å². The lowest BCUT2D eigenvalue weighted by Gasteiger charge is -2.47. The van der Waals surface area contributed by atoms with Crippen molar-refractivity contribution in [1.29, 1.82) is 0 Å². The van der Waals surface area contributed by atoms with Gasteiger partial charge in [0.1, 0.15) is 0 Å². The third-order valence-electron chi connectivity index (χ3n) is 16.0. The molecule has 1 N–H and O–H groups in total. The minimum atomic E-state index is -1.89. The fourth-order valence-electron chi connectivity index (χ4n) is 17.5. The number of hydrogen-bond donors (Lipinski definition) is 1. The molecule has 0 saturated heterocycles. The smallest absolute Gasteiger partial charge is 0.329 e. The van der Waals surface area contributed by atoms with Gasteiger partial charge in [-0.2, -0.15) is 0 Å². The fourth-order valence-corrected chi connectivity index (χ4v) is 93.9. The van der Waals surface area contributed by atoms with Crippen LogP contribution >= 0.6 is 0 Å². The molecule has 2 nitrogen and oxygen atoms in total. The highest BCUT2D eigenvalue weighted by molar-refractivity contribution is 7.28. The molecule has 71 heavy (non-hydrogen) atoms. The molecule has 0 aromatic heterocycles. The van der Waals surface area contributed by atoms with Crippen LogP contribution in [0.15, 0.2) is 24.3 Å². The zero-order valence-corrected chi connectivity index (χ0v) is 66.8. The highest BCUT2D eigenvalue weighted by Gasteiger charge is 2.53. The van der Waals surface area contributed by atoms with Gasteiger partial charge in [-0.15, -0.1) is 0 Å². The summed E-state index contributed by atoms with van der Waals surface area (Å²) in [5.41, 5.74) is 12.3. The van der Waals surface area contributed by atoms with Crippen LogP contribution in [0.2, 0.25) is 236 Å². The van der Waals surface area contributed by atoms with E-state index >= 15 is 0 Å². The Morgan fingerprint density at radius 2 is 0.437 bits per heavy atom. The van der Waals surface area contributed by atoms with Crippen LogP contribution in [0, 0.1) is 0 Å². The van der Waals surface area contributed by atoms with Gasteiger partial charge in [-0.1, -0.05) is 282 Å². The van der Waals surface area contributed by atoms with Crippen LogP contribution < -0.4 is 10.9 Å². The van der Waals surface area contributed by atoms with Crippen LogP contribution in [-0.4, -0.2) is 123 Å². The lowest BCUT2D eigenvalue weighted by molar-refractivity contribution is 0.435. The highest BCUT2D eigenvalue weighted by Crippen LogP contribution is 2.47. The van der Waals surface area contributed by atoms with E-state index in [2.05, 4.69) is 260 Å². The van der Waals surface area contributed by atoms with Crippen molar-refractivity contribution in [3.05, 3.63) is 57.6 Å². The van der Waals surface area contributed by atoms with Crippen molar-refractivity contribution in [3.8, 4) is 0 Å². The molecule has 0 aliphatic heterocycles. The van der Waals surface area contributed by atoms with E-state index in [0.717, 1.165) is 0 Å². The first-order chi connectivity index (χ1) is 30.8. The largest absolute Gasteiger partial charge is 0.450 e. The quantitative estimate of drug-likeness (QED) is 0.119. The van der Waals surface area contributed by atoms with E-state index in [-0.39, 0.29) is 0 Å². The van der Waals surface area contributed by atoms with Gasteiger partial charge >= 0.3 is 13.6 Å². The van der Waals surface area contributed by atoms with Gasteiger partial charge in [-0.3, -0.25) is 0 Å². The van der Waals surface area contributed by atoms with E-state index in [9.17, 15) is 5.02 Å². The fraction of sp³-hybridized carbons (Fsp3) is 0.782. The topological polar surface area (TPSA) is 29.5 Å². The average molecular weight is 1170 g/mol. The van der Waals surface area contributed by atoms with E-state index in [1.165, 1.54) is 10.9 Å². The SMILES string of the molecule is COB(B(O)c1c(C([Si](C)(C)C)[Si](C)(C)C)cc(C([Si](C)(C)C)[Si](C)(C)C)cc1C([Si](C)(C)C)[Si](C)(C)C)c1c(C([Si](C)(C)C)[Si](C)(C)C)cc(C([Si](C)(C)C)[Si](C)(C)C)cc1C([Si](C)(C)C)[Si](C)(C)C. The molecule has 0 bridgehead atoms. The molecule has 0 radical (unpaired) electrons. The summed E-state index contributed by atoms with van der Waals surface area (Å²) in [7, 11) is -19.9. The monoisotopic (exact) mass is 1170 g/mol. The molecule has 0 spiro atoms. The van der Waals surface area contributed by atoms with Crippen LogP contribution in [0.1, 0.15) is 64.4 Å². The summed E-state index contributed by atoms with van der Waals surface area (Å²) >= 11 is 0. The summed E-state index contributed by atoms with van der Waals surface area (Å²) in [5, 5.41) is 18.0. The zero-order chi connectivity index (χ0) is 56.8. The van der Waals surface area contributed by atoms with Gasteiger partial charge in [-0.05, 0) is 53.0 Å². The first kappa shape index (κ1) is 68.2. The van der Waals surface area contributed by atoms with Gasteiger partial charge in [0, 0.05) is 104 Å². The molecule has 2 rings (SSSR count). The Labute approximate surface area is 458 Å². The lowest BCUT2D eigenvalue weighted by Crippen LogP contribution is -2.64. The van der Waals surface area contributed by atoms with E-state index in [1.807, 2.05) is 7.11 Å². The maximum absolute atomic E-state index is 14.8. The van der Waals surface area contributed by atoms with Gasteiger partial charge < -0.3 is 9.68 Å². The maximum atomic E-state index is 14.8. The summed E-state index contributed by atoms with van der Waals surface area (Å²) in [4.78, 5) is 0. The van der Waals surface area contributed by atoms with Crippen molar-refractivity contribution >= 4 is 121 Å². The normalized spacial score (nSPS) is 15.2. The standard InChI is InChI=1S/C55H122B2O2Si12/c1-59-57(49-46(54(68(26,27)28)69(29,30)31)40-43(51(62(8,9)10)63(11,12)13)41-47(49)55(70(32,33)34)71(35,36)37)56(58)48-44(52(64(14,15)16)65(17,18)19)38-42(50(60(2,3)4)61(5,6)7)39-45(48)53(66(20,21)22)67(23,24)25/h38-41,50-55,58H,1-37H3. The van der Waals surface area contributed by atoms with Crippen molar-refractivity contribution in [2.45, 2.75) is 267 Å². The summed E-state index contributed by atoms with van der Waals surface area (Å²) in [6.45, 7) is 94.7. The molecule has 0 fully saturated rings. The van der Waals surface area contributed by atoms with E-state index in [1.54, 1.807) is 33.4 Å². The molecule has 0 saturated carbocycles. The van der Waals surface area contributed by atoms with Crippen LogP contribution in [-0.2, 0) is 4.65 Å². The van der Waals surface area contributed by atoms with E-state index in [4.69, 9.17) is 4.65 Å². The van der Waals surface area contributed by atoms with Crippen LogP contribution in [0.5, 0.6) is 0 Å². The highest BCUT2D eigenvalue weighted by atomic mass is 28.4. The Kier molecular flexibility index (Phi) is 21.1. The van der Waals surface area contributed by atoms with Crippen molar-refractivity contribution in [2.75, 3.05) is 7.11 Å². The predicted molar refractivity (Wildman–Crippen MR) is 369 cm³/mol. The van der Waals surface area contributed by atoms with Gasteiger partial charge in [-0.25, -0.2) is 0 Å². The molecule has 0 amide bonds. The second-order valence-corrected chi connectivity index (χ2v) is 103. The van der Waals surface area contributed by atoms with Gasteiger partial charge in [0.25, 0.3) is 0 Å². The minimum absolute atomic E-state index is 0.474. The van der Waals surface area contributed by atoms with Crippen molar-refractivity contribution in [1.82, 2.24) is 0 Å². The lowest BCUT2D eigenvalue weighted by atomic mass is 9.20. The molecule has 0 unspecified atom stereocenters. The molecule has 0 aliphatic rings. The van der Waals surface area contributed by atoms with E-state index in [0.29, 0.717) is 31.0 Å². The van der Waals surface area contributed by atoms with Crippen LogP contribution in [0.4, 0.5) is 0 Å². The Bertz CT molecular complexity index is 1940. The minimum Gasteiger partial charge on any atom is -0.450 e. The first-order valence-electron chi connectivity index (χ1n) is 28.3. The Morgan fingerprint density at radius 1 is 0.282 bits per heavy atom. The molecular weight excluding hydrogens is 1050 g/mol. The molecule has 2 aromatic rings. The van der Waals surface area contributed by atoms with Gasteiger partial charge in [0.05, 0.1) is 0 Å². The van der Waals surface area contributed by atoms with Crippen molar-refractivity contribution < 1.29 is 9.68 Å². The summed E-state index contributed by atoms with van der Waals surface area (Å²) in [6, 6.07) is 11.3. The number of hydrogen-bond acceptors (Lipinski definition) is 2.